The van der Waals surface area contributed by atoms with Gasteiger partial charge in [-0.1, -0.05) is 29.3 Å². The zero-order chi connectivity index (χ0) is 28.6. The number of carbonyl (C=O) groups is 2. The Morgan fingerprint density at radius 3 is 2.35 bits per heavy atom. The molecule has 0 bridgehead atoms. The van der Waals surface area contributed by atoms with Crippen molar-refractivity contribution in [3.8, 4) is 11.5 Å². The van der Waals surface area contributed by atoms with Crippen LogP contribution in [0.3, 0.4) is 0 Å². The Labute approximate surface area is 240 Å². The van der Waals surface area contributed by atoms with E-state index in [9.17, 15) is 22.4 Å². The van der Waals surface area contributed by atoms with Crippen LogP contribution in [-0.4, -0.2) is 31.4 Å². The van der Waals surface area contributed by atoms with Crippen LogP contribution in [0.25, 0.3) is 0 Å². The predicted octanol–water partition coefficient (Wildman–Crippen LogP) is 6.51. The Kier molecular flexibility index (Phi) is 7.94. The van der Waals surface area contributed by atoms with Gasteiger partial charge in [-0.3, -0.25) is 14.3 Å². The normalized spacial score (nSPS) is 15.3. The van der Waals surface area contributed by atoms with Crippen molar-refractivity contribution in [2.75, 3.05) is 4.72 Å². The zero-order valence-electron chi connectivity index (χ0n) is 21.0. The average Bonchev–Trinajstić information content (AvgIpc) is 3.70. The van der Waals surface area contributed by atoms with Crippen LogP contribution in [0.2, 0.25) is 10.0 Å². The lowest BCUT2D eigenvalue weighted by molar-refractivity contribution is -0.136. The highest BCUT2D eigenvalue weighted by Gasteiger charge is 2.27. The van der Waals surface area contributed by atoms with Gasteiger partial charge in [-0.15, -0.1) is 0 Å². The third kappa shape index (κ3) is 6.35. The van der Waals surface area contributed by atoms with E-state index in [0.29, 0.717) is 5.92 Å². The summed E-state index contributed by atoms with van der Waals surface area (Å²) < 4.78 is 49.6. The fraction of sp³-hybridized carbons (Fsp3) is 0.286. The molecular formula is C28H25Cl2FN2O6S. The van der Waals surface area contributed by atoms with E-state index in [2.05, 4.69) is 10.0 Å². The molecule has 0 heterocycles. The standard InChI is InChI=1S/C28H25Cl2FN2O6S/c29-20-11-18(13-27(34)35)22(31)14-25(20)39-24-8-6-17(28(36)32-19-2-1-3-19)12-23(24)33-40(37,38)26-9-7-16(10-21(26)30)15-4-5-15/h6-12,14-15,19,33H,1-5,13H2,(H,32,36)(H,34,35). The number of carboxylic acid groups (broad SMARTS) is 1. The van der Waals surface area contributed by atoms with Crippen LogP contribution < -0.4 is 14.8 Å². The van der Waals surface area contributed by atoms with Gasteiger partial charge in [0.1, 0.15) is 16.5 Å². The summed E-state index contributed by atoms with van der Waals surface area (Å²) in [6, 6.07) is 11.0. The highest BCUT2D eigenvalue weighted by atomic mass is 35.5. The lowest BCUT2D eigenvalue weighted by Crippen LogP contribution is -2.39. The maximum atomic E-state index is 14.6. The van der Waals surface area contributed by atoms with Gasteiger partial charge in [0.25, 0.3) is 15.9 Å². The topological polar surface area (TPSA) is 122 Å². The first-order chi connectivity index (χ1) is 19.0. The first-order valence-electron chi connectivity index (χ1n) is 12.6. The molecule has 5 rings (SSSR count). The minimum absolute atomic E-state index is 0.0531. The van der Waals surface area contributed by atoms with Crippen LogP contribution in [0.5, 0.6) is 11.5 Å². The summed E-state index contributed by atoms with van der Waals surface area (Å²) in [6.45, 7) is 0. The molecule has 0 radical (unpaired) electrons. The largest absolute Gasteiger partial charge is 0.481 e. The molecule has 12 heteroatoms. The van der Waals surface area contributed by atoms with Crippen molar-refractivity contribution >= 4 is 50.8 Å². The van der Waals surface area contributed by atoms with Gasteiger partial charge in [0.15, 0.2) is 5.75 Å². The summed E-state index contributed by atoms with van der Waals surface area (Å²) in [5.74, 6) is -2.34. The van der Waals surface area contributed by atoms with Gasteiger partial charge >= 0.3 is 5.97 Å². The van der Waals surface area contributed by atoms with E-state index in [1.807, 2.05) is 0 Å². The Balaban J connectivity index is 1.48. The molecule has 3 aromatic carbocycles. The number of amides is 1. The van der Waals surface area contributed by atoms with Crippen molar-refractivity contribution in [2.45, 2.75) is 55.4 Å². The number of benzene rings is 3. The van der Waals surface area contributed by atoms with Crippen LogP contribution in [0.4, 0.5) is 10.1 Å². The van der Waals surface area contributed by atoms with E-state index >= 15 is 0 Å². The summed E-state index contributed by atoms with van der Waals surface area (Å²) in [6.07, 6.45) is 4.22. The number of hydrogen-bond acceptors (Lipinski definition) is 5. The molecule has 2 saturated carbocycles. The molecule has 0 unspecified atom stereocenters. The van der Waals surface area contributed by atoms with Crippen LogP contribution in [0, 0.1) is 5.82 Å². The minimum Gasteiger partial charge on any atom is -0.481 e. The number of hydrogen-bond donors (Lipinski definition) is 3. The predicted molar refractivity (Wildman–Crippen MR) is 149 cm³/mol. The number of carbonyl (C=O) groups excluding carboxylic acids is 1. The Hall–Kier alpha value is -3.34. The number of rotatable bonds is 10. The fourth-order valence-electron chi connectivity index (χ4n) is 4.33. The Morgan fingerprint density at radius 1 is 0.975 bits per heavy atom. The molecule has 210 valence electrons. The van der Waals surface area contributed by atoms with Gasteiger partial charge in [-0.25, -0.2) is 12.8 Å². The van der Waals surface area contributed by atoms with Crippen molar-refractivity contribution < 1.29 is 32.2 Å². The van der Waals surface area contributed by atoms with Crippen LogP contribution in [0.15, 0.2) is 53.4 Å². The molecule has 0 aliphatic heterocycles. The lowest BCUT2D eigenvalue weighted by atomic mass is 9.93. The smallest absolute Gasteiger partial charge is 0.307 e. The van der Waals surface area contributed by atoms with Gasteiger partial charge in [-0.2, -0.15) is 0 Å². The molecule has 2 fully saturated rings. The van der Waals surface area contributed by atoms with Gasteiger partial charge in [-0.05, 0) is 80.0 Å². The van der Waals surface area contributed by atoms with Gasteiger partial charge in [0, 0.05) is 23.2 Å². The maximum Gasteiger partial charge on any atom is 0.307 e. The third-order valence-corrected chi connectivity index (χ3v) is 9.03. The quantitative estimate of drug-likeness (QED) is 0.242. The first kappa shape index (κ1) is 28.2. The molecule has 2 aliphatic carbocycles. The first-order valence-corrected chi connectivity index (χ1v) is 14.9. The van der Waals surface area contributed by atoms with Crippen molar-refractivity contribution in [3.63, 3.8) is 0 Å². The monoisotopic (exact) mass is 606 g/mol. The number of carboxylic acids is 1. The van der Waals surface area contributed by atoms with Crippen LogP contribution >= 0.6 is 23.2 Å². The average molecular weight is 607 g/mol. The van der Waals surface area contributed by atoms with Gasteiger partial charge in [0.05, 0.1) is 22.2 Å². The number of nitrogens with one attached hydrogen (secondary N) is 2. The van der Waals surface area contributed by atoms with E-state index in [0.717, 1.165) is 49.8 Å². The molecule has 0 spiro atoms. The van der Waals surface area contributed by atoms with Crippen molar-refractivity contribution in [3.05, 3.63) is 81.1 Å². The second kappa shape index (κ2) is 11.3. The minimum atomic E-state index is -4.24. The molecule has 3 N–H and O–H groups in total. The number of ether oxygens (including phenoxy) is 1. The summed E-state index contributed by atoms with van der Waals surface area (Å²) in [4.78, 5) is 23.7. The summed E-state index contributed by atoms with van der Waals surface area (Å²) in [5.41, 5.74) is 0.902. The molecule has 0 saturated heterocycles. The molecule has 2 aliphatic rings. The second-order valence-corrected chi connectivity index (χ2v) is 12.4. The van der Waals surface area contributed by atoms with Crippen molar-refractivity contribution in [2.24, 2.45) is 0 Å². The summed E-state index contributed by atoms with van der Waals surface area (Å²) in [7, 11) is -4.24. The number of aliphatic carboxylic acids is 1. The number of halogens is 3. The highest BCUT2D eigenvalue weighted by Crippen LogP contribution is 2.42. The fourth-order valence-corrected chi connectivity index (χ4v) is 6.17. The van der Waals surface area contributed by atoms with Crippen LogP contribution in [0.1, 0.15) is 59.5 Å². The van der Waals surface area contributed by atoms with Crippen LogP contribution in [-0.2, 0) is 21.2 Å². The highest BCUT2D eigenvalue weighted by molar-refractivity contribution is 7.92. The molecule has 0 atom stereocenters. The molecule has 0 aromatic heterocycles. The molecule has 40 heavy (non-hydrogen) atoms. The Morgan fingerprint density at radius 2 is 1.73 bits per heavy atom. The van der Waals surface area contributed by atoms with E-state index in [-0.39, 0.29) is 55.2 Å². The maximum absolute atomic E-state index is 14.6. The number of anilines is 1. The van der Waals surface area contributed by atoms with E-state index < -0.39 is 28.2 Å². The van der Waals surface area contributed by atoms with Crippen molar-refractivity contribution in [1.29, 1.82) is 0 Å². The molecule has 8 nitrogen and oxygen atoms in total. The van der Waals surface area contributed by atoms with E-state index in [4.69, 9.17) is 33.0 Å². The second-order valence-electron chi connectivity index (χ2n) is 9.93. The number of sulfonamides is 1. The molecule has 1 amide bonds. The van der Waals surface area contributed by atoms with Gasteiger partial charge in [0.2, 0.25) is 0 Å². The molecule has 3 aromatic rings. The van der Waals surface area contributed by atoms with E-state index in [1.54, 1.807) is 12.1 Å². The molecular weight excluding hydrogens is 582 g/mol. The van der Waals surface area contributed by atoms with Gasteiger partial charge < -0.3 is 15.2 Å². The SMILES string of the molecule is O=C(O)Cc1cc(Cl)c(Oc2ccc(C(=O)NC3CCC3)cc2NS(=O)(=O)c2ccc(C3CC3)cc2Cl)cc1F. The zero-order valence-corrected chi connectivity index (χ0v) is 23.4. The summed E-state index contributed by atoms with van der Waals surface area (Å²) in [5, 5.41) is 11.9. The Bertz CT molecular complexity index is 1610. The third-order valence-electron chi connectivity index (χ3n) is 6.88. The van der Waals surface area contributed by atoms with Crippen molar-refractivity contribution in [1.82, 2.24) is 5.32 Å². The lowest BCUT2D eigenvalue weighted by Gasteiger charge is -2.26. The summed E-state index contributed by atoms with van der Waals surface area (Å²) >= 11 is 12.6. The van der Waals surface area contributed by atoms with E-state index in [1.165, 1.54) is 24.3 Å².